The fraction of sp³-hybridized carbons (Fsp3) is 0.333. The minimum Gasteiger partial charge on any atom is -0.467 e. The summed E-state index contributed by atoms with van der Waals surface area (Å²) in [4.78, 5) is 23.6. The van der Waals surface area contributed by atoms with Gasteiger partial charge in [-0.1, -0.05) is 11.6 Å². The number of esters is 1. The molecule has 1 N–H and O–H groups in total. The molecule has 0 saturated heterocycles. The van der Waals surface area contributed by atoms with Crippen LogP contribution in [0.2, 0.25) is 0 Å². The van der Waals surface area contributed by atoms with Crippen molar-refractivity contribution in [2.24, 2.45) is 0 Å². The molecular formula is C15H17F2NO3. The zero-order valence-electron chi connectivity index (χ0n) is 12.1. The predicted octanol–water partition coefficient (Wildman–Crippen LogP) is 2.59. The molecule has 0 saturated carbocycles. The number of carbonyl (C=O) groups is 2. The lowest BCUT2D eigenvalue weighted by atomic mass is 10.1. The molecule has 0 aliphatic rings. The van der Waals surface area contributed by atoms with E-state index in [1.165, 1.54) is 7.11 Å². The Morgan fingerprint density at radius 1 is 1.33 bits per heavy atom. The Hall–Kier alpha value is -2.24. The van der Waals surface area contributed by atoms with Gasteiger partial charge in [-0.15, -0.1) is 0 Å². The van der Waals surface area contributed by atoms with Crippen LogP contribution in [-0.2, 0) is 9.53 Å². The van der Waals surface area contributed by atoms with Gasteiger partial charge in [0.15, 0.2) is 0 Å². The molecule has 0 heterocycles. The summed E-state index contributed by atoms with van der Waals surface area (Å²) in [7, 11) is 1.20. The first kappa shape index (κ1) is 16.8. The van der Waals surface area contributed by atoms with Crippen LogP contribution in [0.1, 0.15) is 30.6 Å². The summed E-state index contributed by atoms with van der Waals surface area (Å²) in [6, 6.07) is 1.68. The molecule has 21 heavy (non-hydrogen) atoms. The Balaban J connectivity index is 2.89. The number of ether oxygens (including phenoxy) is 1. The van der Waals surface area contributed by atoms with Crippen molar-refractivity contribution in [1.29, 1.82) is 0 Å². The van der Waals surface area contributed by atoms with Crippen LogP contribution in [0.25, 0.3) is 0 Å². The first-order valence-electron chi connectivity index (χ1n) is 6.32. The van der Waals surface area contributed by atoms with E-state index in [1.54, 1.807) is 6.08 Å². The average Bonchev–Trinajstić information content (AvgIpc) is 2.42. The van der Waals surface area contributed by atoms with Crippen LogP contribution >= 0.6 is 0 Å². The van der Waals surface area contributed by atoms with Gasteiger partial charge in [-0.05, 0) is 32.4 Å². The third-order valence-corrected chi connectivity index (χ3v) is 2.73. The minimum atomic E-state index is -0.988. The largest absolute Gasteiger partial charge is 0.467 e. The summed E-state index contributed by atoms with van der Waals surface area (Å²) in [5.74, 6) is -3.20. The number of halogens is 2. The molecule has 4 nitrogen and oxygen atoms in total. The highest BCUT2D eigenvalue weighted by Crippen LogP contribution is 2.10. The van der Waals surface area contributed by atoms with E-state index >= 15 is 0 Å². The highest BCUT2D eigenvalue weighted by atomic mass is 19.1. The van der Waals surface area contributed by atoms with Gasteiger partial charge in [-0.2, -0.15) is 0 Å². The standard InChI is InChI=1S/C15H17F2NO3/c1-9(2)4-7-13(15(20)21-3)18-14(19)11-6-5-10(16)8-12(11)17/h4-6,8,13H,7H2,1-3H3,(H,18,19)/t13-/m0/s1. The Morgan fingerprint density at radius 2 is 2.00 bits per heavy atom. The van der Waals surface area contributed by atoms with E-state index in [2.05, 4.69) is 10.1 Å². The molecule has 0 aromatic heterocycles. The normalized spacial score (nSPS) is 11.5. The van der Waals surface area contributed by atoms with E-state index < -0.39 is 29.6 Å². The molecule has 0 radical (unpaired) electrons. The maximum Gasteiger partial charge on any atom is 0.328 e. The second kappa shape index (κ2) is 7.52. The summed E-state index contributed by atoms with van der Waals surface area (Å²) in [6.45, 7) is 3.69. The van der Waals surface area contributed by atoms with Crippen LogP contribution in [0.4, 0.5) is 8.78 Å². The van der Waals surface area contributed by atoms with Crippen molar-refractivity contribution in [3.8, 4) is 0 Å². The zero-order chi connectivity index (χ0) is 16.0. The predicted molar refractivity (Wildman–Crippen MR) is 73.7 cm³/mol. The zero-order valence-corrected chi connectivity index (χ0v) is 12.1. The second-order valence-corrected chi connectivity index (χ2v) is 4.69. The second-order valence-electron chi connectivity index (χ2n) is 4.69. The molecule has 1 atom stereocenters. The molecular weight excluding hydrogens is 280 g/mol. The van der Waals surface area contributed by atoms with E-state index in [0.29, 0.717) is 6.07 Å². The van der Waals surface area contributed by atoms with Gasteiger partial charge in [0.1, 0.15) is 17.7 Å². The summed E-state index contributed by atoms with van der Waals surface area (Å²) in [5.41, 5.74) is 0.633. The summed E-state index contributed by atoms with van der Waals surface area (Å²) < 4.78 is 30.9. The summed E-state index contributed by atoms with van der Waals surface area (Å²) in [5, 5.41) is 2.38. The van der Waals surface area contributed by atoms with Crippen LogP contribution in [0.15, 0.2) is 29.8 Å². The number of benzene rings is 1. The lowest BCUT2D eigenvalue weighted by molar-refractivity contribution is -0.142. The molecule has 1 aromatic rings. The summed E-state index contributed by atoms with van der Waals surface area (Å²) >= 11 is 0. The molecule has 1 aromatic carbocycles. The third kappa shape index (κ3) is 4.98. The first-order chi connectivity index (χ1) is 9.85. The van der Waals surface area contributed by atoms with Crippen LogP contribution in [0.5, 0.6) is 0 Å². The van der Waals surface area contributed by atoms with Crippen molar-refractivity contribution in [3.63, 3.8) is 0 Å². The maximum atomic E-state index is 13.5. The van der Waals surface area contributed by atoms with E-state index in [0.717, 1.165) is 17.7 Å². The van der Waals surface area contributed by atoms with Gasteiger partial charge in [0.2, 0.25) is 0 Å². The number of nitrogens with one attached hydrogen (secondary N) is 1. The van der Waals surface area contributed by atoms with Crippen molar-refractivity contribution in [2.45, 2.75) is 26.3 Å². The Kier molecular flexibility index (Phi) is 6.02. The molecule has 0 aliphatic heterocycles. The minimum absolute atomic E-state index is 0.226. The molecule has 1 rings (SSSR count). The van der Waals surface area contributed by atoms with E-state index in [-0.39, 0.29) is 12.0 Å². The monoisotopic (exact) mass is 297 g/mol. The van der Waals surface area contributed by atoms with Gasteiger partial charge >= 0.3 is 5.97 Å². The first-order valence-corrected chi connectivity index (χ1v) is 6.32. The summed E-state index contributed by atoms with van der Waals surface area (Å²) in [6.07, 6.45) is 1.98. The highest BCUT2D eigenvalue weighted by molar-refractivity contribution is 5.97. The Morgan fingerprint density at radius 3 is 2.52 bits per heavy atom. The SMILES string of the molecule is COC(=O)[C@H](CC=C(C)C)NC(=O)c1ccc(F)cc1F. The molecule has 114 valence electrons. The Bertz CT molecular complexity index is 566. The molecule has 0 unspecified atom stereocenters. The number of amides is 1. The number of rotatable bonds is 5. The van der Waals surface area contributed by atoms with Crippen molar-refractivity contribution >= 4 is 11.9 Å². The lowest BCUT2D eigenvalue weighted by Crippen LogP contribution is -2.41. The van der Waals surface area contributed by atoms with Gasteiger partial charge in [0.05, 0.1) is 12.7 Å². The van der Waals surface area contributed by atoms with Crippen LogP contribution in [-0.4, -0.2) is 25.0 Å². The smallest absolute Gasteiger partial charge is 0.328 e. The molecule has 1 amide bonds. The fourth-order valence-corrected chi connectivity index (χ4v) is 1.62. The van der Waals surface area contributed by atoms with E-state index in [1.807, 2.05) is 13.8 Å². The number of methoxy groups -OCH3 is 1. The fourth-order valence-electron chi connectivity index (χ4n) is 1.62. The van der Waals surface area contributed by atoms with Crippen LogP contribution in [0, 0.1) is 11.6 Å². The molecule has 0 aliphatic carbocycles. The topological polar surface area (TPSA) is 55.4 Å². The average molecular weight is 297 g/mol. The lowest BCUT2D eigenvalue weighted by Gasteiger charge is -2.15. The molecule has 0 spiro atoms. The van der Waals surface area contributed by atoms with Gasteiger partial charge < -0.3 is 10.1 Å². The number of allylic oxidation sites excluding steroid dienone is 1. The molecule has 6 heteroatoms. The maximum absolute atomic E-state index is 13.5. The Labute approximate surface area is 121 Å². The molecule has 0 fully saturated rings. The van der Waals surface area contributed by atoms with Crippen LogP contribution in [0.3, 0.4) is 0 Å². The van der Waals surface area contributed by atoms with Gasteiger partial charge in [-0.3, -0.25) is 4.79 Å². The van der Waals surface area contributed by atoms with Crippen molar-refractivity contribution < 1.29 is 23.1 Å². The molecule has 0 bridgehead atoms. The van der Waals surface area contributed by atoms with E-state index in [4.69, 9.17) is 0 Å². The number of hydrogen-bond acceptors (Lipinski definition) is 3. The van der Waals surface area contributed by atoms with Crippen molar-refractivity contribution in [1.82, 2.24) is 5.32 Å². The van der Waals surface area contributed by atoms with E-state index in [9.17, 15) is 18.4 Å². The van der Waals surface area contributed by atoms with Crippen molar-refractivity contribution in [3.05, 3.63) is 47.0 Å². The van der Waals surface area contributed by atoms with Gasteiger partial charge in [0, 0.05) is 6.07 Å². The van der Waals surface area contributed by atoms with Gasteiger partial charge in [-0.25, -0.2) is 13.6 Å². The number of carbonyl (C=O) groups excluding carboxylic acids is 2. The van der Waals surface area contributed by atoms with Gasteiger partial charge in [0.25, 0.3) is 5.91 Å². The number of hydrogen-bond donors (Lipinski definition) is 1. The highest BCUT2D eigenvalue weighted by Gasteiger charge is 2.22. The quantitative estimate of drug-likeness (QED) is 0.671. The third-order valence-electron chi connectivity index (χ3n) is 2.73. The van der Waals surface area contributed by atoms with Crippen LogP contribution < -0.4 is 5.32 Å². The van der Waals surface area contributed by atoms with Crippen molar-refractivity contribution in [2.75, 3.05) is 7.11 Å².